The number of imidazole rings is 1. The Kier molecular flexibility index (Phi) is 2.89. The number of hydrogen-bond donors (Lipinski definition) is 0. The number of rotatable bonds is 0. The van der Waals surface area contributed by atoms with Crippen LogP contribution >= 0.6 is 15.9 Å². The number of pyridine rings is 1. The van der Waals surface area contributed by atoms with E-state index >= 15 is 0 Å². The van der Waals surface area contributed by atoms with Crippen LogP contribution in [0.2, 0.25) is 0 Å². The highest BCUT2D eigenvalue weighted by molar-refractivity contribution is 9.10. The van der Waals surface area contributed by atoms with E-state index in [1.807, 2.05) is 18.2 Å². The van der Waals surface area contributed by atoms with Crippen molar-refractivity contribution in [2.75, 3.05) is 13.2 Å². The molecule has 2 aromatic heterocycles. The Morgan fingerprint density at radius 3 is 2.74 bits per heavy atom. The van der Waals surface area contributed by atoms with Crippen LogP contribution in [0, 0.1) is 0 Å². The quantitative estimate of drug-likeness (QED) is 0.570. The van der Waals surface area contributed by atoms with Crippen molar-refractivity contribution >= 4 is 27.1 Å². The van der Waals surface area contributed by atoms with Crippen LogP contribution in [-0.4, -0.2) is 27.7 Å². The largest absolute Gasteiger partial charge is 0.374 e. The average Bonchev–Trinajstić information content (AvgIpc) is 2.94. The summed E-state index contributed by atoms with van der Waals surface area (Å²) in [5, 5.41) is 0. The highest BCUT2D eigenvalue weighted by atomic mass is 79.9. The van der Waals surface area contributed by atoms with Crippen molar-refractivity contribution < 1.29 is 9.47 Å². The predicted molar refractivity (Wildman–Crippen MR) is 88.1 cm³/mol. The third-order valence-corrected chi connectivity index (χ3v) is 5.10. The van der Waals surface area contributed by atoms with E-state index in [-0.39, 0.29) is 0 Å². The molecular formula is C17H14BrN3O2. The van der Waals surface area contributed by atoms with Gasteiger partial charge in [0.2, 0.25) is 0 Å². The molecule has 23 heavy (non-hydrogen) atoms. The minimum absolute atomic E-state index is 0.398. The summed E-state index contributed by atoms with van der Waals surface area (Å²) in [7, 11) is 0. The lowest BCUT2D eigenvalue weighted by atomic mass is 9.85. The molecule has 5 nitrogen and oxygen atoms in total. The van der Waals surface area contributed by atoms with Crippen molar-refractivity contribution in [3.63, 3.8) is 0 Å². The van der Waals surface area contributed by atoms with Gasteiger partial charge in [0.15, 0.2) is 5.65 Å². The Morgan fingerprint density at radius 1 is 1.00 bits per heavy atom. The van der Waals surface area contributed by atoms with Gasteiger partial charge in [-0.2, -0.15) is 0 Å². The molecule has 0 fully saturated rings. The summed E-state index contributed by atoms with van der Waals surface area (Å²) in [5.41, 5.74) is 3.81. The fourth-order valence-electron chi connectivity index (χ4n) is 3.72. The second-order valence-corrected chi connectivity index (χ2v) is 6.83. The molecule has 0 amide bonds. The molecule has 1 unspecified atom stereocenters. The van der Waals surface area contributed by atoms with Gasteiger partial charge >= 0.3 is 0 Å². The van der Waals surface area contributed by atoms with E-state index in [0.717, 1.165) is 21.6 Å². The number of aromatic nitrogens is 3. The SMILES string of the molecule is Brc1ccc2nc3n(c2n1)C1(COCc2ccccc21)COC3. The molecular weight excluding hydrogens is 358 g/mol. The number of ether oxygens (including phenoxy) is 2. The maximum Gasteiger partial charge on any atom is 0.162 e. The molecule has 2 aliphatic heterocycles. The highest BCUT2D eigenvalue weighted by Crippen LogP contribution is 2.40. The van der Waals surface area contributed by atoms with Crippen molar-refractivity contribution in [1.29, 1.82) is 0 Å². The Balaban J connectivity index is 1.86. The Morgan fingerprint density at radius 2 is 1.83 bits per heavy atom. The molecule has 0 radical (unpaired) electrons. The number of hydrogen-bond acceptors (Lipinski definition) is 4. The van der Waals surface area contributed by atoms with Crippen LogP contribution in [0.4, 0.5) is 0 Å². The molecule has 1 spiro atoms. The first-order valence-electron chi connectivity index (χ1n) is 7.56. The van der Waals surface area contributed by atoms with Gasteiger partial charge in [-0.3, -0.25) is 4.57 Å². The predicted octanol–water partition coefficient (Wildman–Crippen LogP) is 3.00. The Bertz CT molecular complexity index is 919. The van der Waals surface area contributed by atoms with Crippen LogP contribution in [-0.2, 0) is 28.2 Å². The lowest BCUT2D eigenvalue weighted by Gasteiger charge is -2.43. The topological polar surface area (TPSA) is 49.2 Å². The van der Waals surface area contributed by atoms with Gasteiger partial charge in [0.05, 0.1) is 19.8 Å². The third-order valence-electron chi connectivity index (χ3n) is 4.66. The average molecular weight is 372 g/mol. The van der Waals surface area contributed by atoms with Crippen LogP contribution in [0.3, 0.4) is 0 Å². The molecule has 0 aliphatic carbocycles. The Hall–Kier alpha value is -1.76. The van der Waals surface area contributed by atoms with E-state index in [4.69, 9.17) is 14.5 Å². The molecule has 0 saturated carbocycles. The summed E-state index contributed by atoms with van der Waals surface area (Å²) >= 11 is 3.47. The third kappa shape index (κ3) is 1.86. The zero-order valence-corrected chi connectivity index (χ0v) is 13.9. The van der Waals surface area contributed by atoms with Gasteiger partial charge in [-0.05, 0) is 39.2 Å². The van der Waals surface area contributed by atoms with Crippen LogP contribution in [0.25, 0.3) is 11.2 Å². The maximum atomic E-state index is 5.93. The second-order valence-electron chi connectivity index (χ2n) is 6.01. The zero-order chi connectivity index (χ0) is 15.4. The number of benzene rings is 1. The molecule has 3 aromatic rings. The van der Waals surface area contributed by atoms with Crippen molar-refractivity contribution in [1.82, 2.24) is 14.5 Å². The van der Waals surface area contributed by atoms with Gasteiger partial charge in [-0.25, -0.2) is 9.97 Å². The van der Waals surface area contributed by atoms with E-state index in [1.54, 1.807) is 0 Å². The monoisotopic (exact) mass is 371 g/mol. The van der Waals surface area contributed by atoms with Crippen molar-refractivity contribution in [2.45, 2.75) is 18.8 Å². The van der Waals surface area contributed by atoms with Crippen LogP contribution < -0.4 is 0 Å². The second kappa shape index (κ2) is 4.87. The van der Waals surface area contributed by atoms with Gasteiger partial charge in [0.1, 0.15) is 28.1 Å². The van der Waals surface area contributed by atoms with E-state index in [2.05, 4.69) is 43.7 Å². The molecule has 0 bridgehead atoms. The molecule has 6 heteroatoms. The van der Waals surface area contributed by atoms with E-state index in [0.29, 0.717) is 26.4 Å². The molecule has 1 aromatic carbocycles. The molecule has 0 saturated heterocycles. The number of fused-ring (bicyclic) bond motifs is 6. The van der Waals surface area contributed by atoms with Gasteiger partial charge in [0.25, 0.3) is 0 Å². The van der Waals surface area contributed by atoms with Crippen LogP contribution in [0.1, 0.15) is 17.0 Å². The lowest BCUT2D eigenvalue weighted by molar-refractivity contribution is -0.0423. The normalized spacial score (nSPS) is 23.0. The van der Waals surface area contributed by atoms with Gasteiger partial charge in [-0.1, -0.05) is 24.3 Å². The Labute approximate surface area is 141 Å². The number of nitrogens with zero attached hydrogens (tertiary/aromatic N) is 3. The van der Waals surface area contributed by atoms with Crippen LogP contribution in [0.5, 0.6) is 0 Å². The van der Waals surface area contributed by atoms with Crippen molar-refractivity contribution in [3.8, 4) is 0 Å². The molecule has 1 atom stereocenters. The smallest absolute Gasteiger partial charge is 0.162 e. The fraction of sp³-hybridized carbons (Fsp3) is 0.294. The zero-order valence-electron chi connectivity index (χ0n) is 12.3. The standard InChI is InChI=1S/C17H14BrN3O2/c18-14-6-5-13-16(20-14)21-15(19-13)8-23-10-17(21)9-22-7-11-3-1-2-4-12(11)17/h1-6H,7-10H2. The summed E-state index contributed by atoms with van der Waals surface area (Å²) in [6, 6.07) is 12.3. The lowest BCUT2D eigenvalue weighted by Crippen LogP contribution is -2.50. The van der Waals surface area contributed by atoms with Gasteiger partial charge in [-0.15, -0.1) is 0 Å². The van der Waals surface area contributed by atoms with Gasteiger partial charge < -0.3 is 9.47 Å². The fourth-order valence-corrected chi connectivity index (χ4v) is 4.02. The van der Waals surface area contributed by atoms with E-state index in [9.17, 15) is 0 Å². The first kappa shape index (κ1) is 13.7. The van der Waals surface area contributed by atoms with E-state index in [1.165, 1.54) is 11.1 Å². The molecule has 4 heterocycles. The minimum atomic E-state index is -0.398. The number of halogens is 1. The first-order chi connectivity index (χ1) is 11.3. The molecule has 5 rings (SSSR count). The van der Waals surface area contributed by atoms with Crippen molar-refractivity contribution in [3.05, 3.63) is 58.0 Å². The summed E-state index contributed by atoms with van der Waals surface area (Å²) in [4.78, 5) is 9.39. The summed E-state index contributed by atoms with van der Waals surface area (Å²) < 4.78 is 14.9. The first-order valence-corrected chi connectivity index (χ1v) is 8.35. The van der Waals surface area contributed by atoms with Crippen molar-refractivity contribution in [2.24, 2.45) is 0 Å². The molecule has 116 valence electrons. The minimum Gasteiger partial charge on any atom is -0.374 e. The van der Waals surface area contributed by atoms with Gasteiger partial charge in [0, 0.05) is 0 Å². The van der Waals surface area contributed by atoms with Crippen LogP contribution in [0.15, 0.2) is 41.0 Å². The molecule has 2 aliphatic rings. The maximum absolute atomic E-state index is 5.93. The highest BCUT2D eigenvalue weighted by Gasteiger charge is 2.44. The van der Waals surface area contributed by atoms with E-state index < -0.39 is 5.54 Å². The summed E-state index contributed by atoms with van der Waals surface area (Å²) in [6.45, 7) is 2.27. The summed E-state index contributed by atoms with van der Waals surface area (Å²) in [6.07, 6.45) is 0. The molecule has 0 N–H and O–H groups in total. The summed E-state index contributed by atoms with van der Waals surface area (Å²) in [5.74, 6) is 0.900.